The van der Waals surface area contributed by atoms with Gasteiger partial charge in [0, 0.05) is 0 Å². The van der Waals surface area contributed by atoms with Gasteiger partial charge in [0.1, 0.15) is 5.75 Å². The molecule has 16 heavy (non-hydrogen) atoms. The van der Waals surface area contributed by atoms with Crippen LogP contribution in [0, 0.1) is 5.92 Å². The van der Waals surface area contributed by atoms with Crippen molar-refractivity contribution in [3.05, 3.63) is 29.8 Å². The first-order valence-corrected chi connectivity index (χ1v) is 6.60. The second-order valence-corrected chi connectivity index (χ2v) is 5.03. The van der Waals surface area contributed by atoms with E-state index in [4.69, 9.17) is 16.3 Å². The summed E-state index contributed by atoms with van der Waals surface area (Å²) in [4.78, 5) is 0. The van der Waals surface area contributed by atoms with E-state index in [1.807, 2.05) is 19.1 Å². The normalized spacial score (nSPS) is 17.9. The zero-order valence-corrected chi connectivity index (χ0v) is 10.5. The fourth-order valence-corrected chi connectivity index (χ4v) is 2.49. The van der Waals surface area contributed by atoms with Crippen molar-refractivity contribution in [2.45, 2.75) is 38.0 Å². The lowest BCUT2D eigenvalue weighted by atomic mass is 9.81. The highest BCUT2D eigenvalue weighted by Gasteiger charge is 2.21. The molecule has 88 valence electrons. The van der Waals surface area contributed by atoms with Crippen molar-refractivity contribution in [3.63, 3.8) is 0 Å². The van der Waals surface area contributed by atoms with Gasteiger partial charge >= 0.3 is 0 Å². The smallest absolute Gasteiger partial charge is 0.119 e. The van der Waals surface area contributed by atoms with Crippen LogP contribution in [0.1, 0.15) is 43.5 Å². The fourth-order valence-electron chi connectivity index (χ4n) is 2.10. The molecule has 1 saturated carbocycles. The Bertz CT molecular complexity index is 316. The van der Waals surface area contributed by atoms with Crippen LogP contribution in [0.5, 0.6) is 5.75 Å². The Labute approximate surface area is 103 Å². The zero-order valence-electron chi connectivity index (χ0n) is 9.79. The summed E-state index contributed by atoms with van der Waals surface area (Å²) in [5.74, 6) is 1.79. The van der Waals surface area contributed by atoms with Crippen molar-refractivity contribution in [1.82, 2.24) is 0 Å². The van der Waals surface area contributed by atoms with Gasteiger partial charge in [-0.1, -0.05) is 31.4 Å². The SMILES string of the molecule is CCOc1ccc(C(Cl)CC2CCC2)cc1. The second-order valence-electron chi connectivity index (χ2n) is 4.50. The Morgan fingerprint density at radius 3 is 2.50 bits per heavy atom. The van der Waals surface area contributed by atoms with Crippen LogP contribution in [0.3, 0.4) is 0 Å². The lowest BCUT2D eigenvalue weighted by Gasteiger charge is -2.27. The summed E-state index contributed by atoms with van der Waals surface area (Å²) in [7, 11) is 0. The number of benzene rings is 1. The largest absolute Gasteiger partial charge is 0.494 e. The summed E-state index contributed by atoms with van der Waals surface area (Å²) < 4.78 is 5.41. The molecular weight excluding hydrogens is 220 g/mol. The lowest BCUT2D eigenvalue weighted by Crippen LogP contribution is -2.12. The number of hydrogen-bond donors (Lipinski definition) is 0. The van der Waals surface area contributed by atoms with Crippen LogP contribution < -0.4 is 4.74 Å². The minimum atomic E-state index is 0.168. The predicted octanol–water partition coefficient (Wildman–Crippen LogP) is 4.56. The van der Waals surface area contributed by atoms with Crippen molar-refractivity contribution in [3.8, 4) is 5.75 Å². The summed E-state index contributed by atoms with van der Waals surface area (Å²) >= 11 is 6.40. The molecule has 1 aliphatic carbocycles. The van der Waals surface area contributed by atoms with E-state index in [1.165, 1.54) is 24.8 Å². The number of ether oxygens (including phenoxy) is 1. The van der Waals surface area contributed by atoms with E-state index in [-0.39, 0.29) is 5.38 Å². The van der Waals surface area contributed by atoms with Gasteiger partial charge in [-0.15, -0.1) is 11.6 Å². The Morgan fingerprint density at radius 1 is 1.31 bits per heavy atom. The second kappa shape index (κ2) is 5.58. The van der Waals surface area contributed by atoms with Crippen LogP contribution in [0.2, 0.25) is 0 Å². The molecular formula is C14H19ClO. The van der Waals surface area contributed by atoms with Gasteiger partial charge in [0.25, 0.3) is 0 Å². The van der Waals surface area contributed by atoms with E-state index < -0.39 is 0 Å². The minimum absolute atomic E-state index is 0.168. The topological polar surface area (TPSA) is 9.23 Å². The molecule has 0 saturated heterocycles. The molecule has 0 amide bonds. The van der Waals surface area contributed by atoms with Crippen LogP contribution in [-0.2, 0) is 0 Å². The number of rotatable bonds is 5. The lowest BCUT2D eigenvalue weighted by molar-refractivity contribution is 0.293. The Hall–Kier alpha value is -0.690. The summed E-state index contributed by atoms with van der Waals surface area (Å²) in [6, 6.07) is 8.19. The molecule has 1 aromatic carbocycles. The highest BCUT2D eigenvalue weighted by molar-refractivity contribution is 6.20. The Kier molecular flexibility index (Phi) is 4.11. The predicted molar refractivity (Wildman–Crippen MR) is 68.2 cm³/mol. The molecule has 1 nitrogen and oxygen atoms in total. The van der Waals surface area contributed by atoms with E-state index in [1.54, 1.807) is 0 Å². The van der Waals surface area contributed by atoms with Gasteiger partial charge in [0.2, 0.25) is 0 Å². The molecule has 0 aromatic heterocycles. The van der Waals surface area contributed by atoms with Crippen LogP contribution in [0.15, 0.2) is 24.3 Å². The van der Waals surface area contributed by atoms with E-state index >= 15 is 0 Å². The van der Waals surface area contributed by atoms with E-state index in [0.29, 0.717) is 6.61 Å². The fraction of sp³-hybridized carbons (Fsp3) is 0.571. The molecule has 0 heterocycles. The summed E-state index contributed by atoms with van der Waals surface area (Å²) in [5, 5.41) is 0.168. The quantitative estimate of drug-likeness (QED) is 0.684. The molecule has 0 aliphatic heterocycles. The summed E-state index contributed by atoms with van der Waals surface area (Å²) in [6.45, 7) is 2.71. The maximum absolute atomic E-state index is 6.40. The monoisotopic (exact) mass is 238 g/mol. The third-order valence-electron chi connectivity index (χ3n) is 3.32. The van der Waals surface area contributed by atoms with Gasteiger partial charge in [-0.2, -0.15) is 0 Å². The molecule has 0 spiro atoms. The van der Waals surface area contributed by atoms with Crippen LogP contribution in [0.4, 0.5) is 0 Å². The molecule has 1 fully saturated rings. The van der Waals surface area contributed by atoms with Gasteiger partial charge in [0.05, 0.1) is 12.0 Å². The molecule has 2 rings (SSSR count). The Balaban J connectivity index is 1.91. The van der Waals surface area contributed by atoms with Crippen LogP contribution in [0.25, 0.3) is 0 Å². The maximum Gasteiger partial charge on any atom is 0.119 e. The van der Waals surface area contributed by atoms with Gasteiger partial charge in [-0.25, -0.2) is 0 Å². The number of halogens is 1. The van der Waals surface area contributed by atoms with Gasteiger partial charge in [-0.05, 0) is 37.0 Å². The third-order valence-corrected chi connectivity index (χ3v) is 3.75. The van der Waals surface area contributed by atoms with Crippen molar-refractivity contribution >= 4 is 11.6 Å². The molecule has 0 bridgehead atoms. The van der Waals surface area contributed by atoms with Crippen molar-refractivity contribution in [1.29, 1.82) is 0 Å². The molecule has 2 heteroatoms. The molecule has 1 aromatic rings. The van der Waals surface area contributed by atoms with Crippen LogP contribution in [-0.4, -0.2) is 6.61 Å². The van der Waals surface area contributed by atoms with Crippen molar-refractivity contribution < 1.29 is 4.74 Å². The van der Waals surface area contributed by atoms with Gasteiger partial charge in [-0.3, -0.25) is 0 Å². The summed E-state index contributed by atoms with van der Waals surface area (Å²) in [5.41, 5.74) is 1.22. The minimum Gasteiger partial charge on any atom is -0.494 e. The van der Waals surface area contributed by atoms with Gasteiger partial charge < -0.3 is 4.74 Å². The number of hydrogen-bond acceptors (Lipinski definition) is 1. The van der Waals surface area contributed by atoms with Crippen molar-refractivity contribution in [2.24, 2.45) is 5.92 Å². The zero-order chi connectivity index (χ0) is 11.4. The Morgan fingerprint density at radius 2 is 2.00 bits per heavy atom. The van der Waals surface area contributed by atoms with Crippen LogP contribution >= 0.6 is 11.6 Å². The van der Waals surface area contributed by atoms with E-state index in [9.17, 15) is 0 Å². The molecule has 0 radical (unpaired) electrons. The van der Waals surface area contributed by atoms with Gasteiger partial charge in [0.15, 0.2) is 0 Å². The first-order valence-electron chi connectivity index (χ1n) is 6.16. The van der Waals surface area contributed by atoms with E-state index in [0.717, 1.165) is 18.1 Å². The first kappa shape index (κ1) is 11.8. The highest BCUT2D eigenvalue weighted by atomic mass is 35.5. The highest BCUT2D eigenvalue weighted by Crippen LogP contribution is 2.37. The number of alkyl halides is 1. The first-order chi connectivity index (χ1) is 7.79. The maximum atomic E-state index is 6.40. The molecule has 0 N–H and O–H groups in total. The molecule has 1 unspecified atom stereocenters. The molecule has 1 aliphatic rings. The van der Waals surface area contributed by atoms with Crippen molar-refractivity contribution in [2.75, 3.05) is 6.61 Å². The summed E-state index contributed by atoms with van der Waals surface area (Å²) in [6.07, 6.45) is 5.23. The molecule has 1 atom stereocenters. The standard InChI is InChI=1S/C14H19ClO/c1-2-16-13-8-6-12(7-9-13)14(15)10-11-4-3-5-11/h6-9,11,14H,2-5,10H2,1H3. The average molecular weight is 239 g/mol. The van der Waals surface area contributed by atoms with E-state index in [2.05, 4.69) is 12.1 Å². The average Bonchev–Trinajstić information content (AvgIpc) is 2.25. The third kappa shape index (κ3) is 2.91.